The number of aryl methyl sites for hydroxylation is 1. The number of para-hydroxylation sites is 1. The summed E-state index contributed by atoms with van der Waals surface area (Å²) in [6.45, 7) is 4.38. The summed E-state index contributed by atoms with van der Waals surface area (Å²) in [7, 11) is -0.450. The van der Waals surface area contributed by atoms with Crippen LogP contribution in [0.3, 0.4) is 0 Å². The molecule has 120 valence electrons. The highest BCUT2D eigenvalue weighted by Gasteiger charge is 2.26. The van der Waals surface area contributed by atoms with Crippen molar-refractivity contribution in [3.8, 4) is 5.75 Å². The van der Waals surface area contributed by atoms with Gasteiger partial charge in [0, 0.05) is 14.1 Å². The molecule has 0 aliphatic heterocycles. The van der Waals surface area contributed by atoms with Crippen molar-refractivity contribution in [1.82, 2.24) is 14.1 Å². The van der Waals surface area contributed by atoms with Crippen LogP contribution in [0.2, 0.25) is 0 Å². The zero-order chi connectivity index (χ0) is 16.3. The second-order valence-corrected chi connectivity index (χ2v) is 7.26. The summed E-state index contributed by atoms with van der Waals surface area (Å²) in [4.78, 5) is 0.275. The second kappa shape index (κ2) is 6.50. The molecule has 0 bridgehead atoms. The Balaban J connectivity index is 2.14. The third-order valence-electron chi connectivity index (χ3n) is 3.37. The summed E-state index contributed by atoms with van der Waals surface area (Å²) in [5.41, 5.74) is 1.13. The van der Waals surface area contributed by atoms with Gasteiger partial charge in [-0.3, -0.25) is 4.68 Å². The molecule has 22 heavy (non-hydrogen) atoms. The van der Waals surface area contributed by atoms with E-state index in [1.807, 2.05) is 30.3 Å². The van der Waals surface area contributed by atoms with E-state index in [2.05, 4.69) is 5.10 Å². The van der Waals surface area contributed by atoms with E-state index >= 15 is 0 Å². The highest BCUT2D eigenvalue weighted by atomic mass is 32.2. The number of hydrogen-bond donors (Lipinski definition) is 0. The van der Waals surface area contributed by atoms with E-state index in [0.29, 0.717) is 24.5 Å². The molecule has 0 fully saturated rings. The summed E-state index contributed by atoms with van der Waals surface area (Å²) in [5.74, 6) is 0.783. The average Bonchev–Trinajstić information content (AvgIpc) is 2.75. The minimum absolute atomic E-state index is 0.275. The van der Waals surface area contributed by atoms with Crippen molar-refractivity contribution in [2.45, 2.75) is 25.3 Å². The zero-order valence-corrected chi connectivity index (χ0v) is 14.1. The third-order valence-corrected chi connectivity index (χ3v) is 5.44. The summed E-state index contributed by atoms with van der Waals surface area (Å²) in [6.07, 6.45) is 0. The average molecular weight is 323 g/mol. The largest absolute Gasteiger partial charge is 0.492 e. The fourth-order valence-corrected chi connectivity index (χ4v) is 3.48. The molecule has 0 saturated carbocycles. The minimum Gasteiger partial charge on any atom is -0.492 e. The van der Waals surface area contributed by atoms with Crippen LogP contribution < -0.4 is 4.74 Å². The van der Waals surface area contributed by atoms with Crippen LogP contribution in [0.4, 0.5) is 0 Å². The van der Waals surface area contributed by atoms with Crippen molar-refractivity contribution in [3.05, 3.63) is 41.7 Å². The van der Waals surface area contributed by atoms with Crippen molar-refractivity contribution in [1.29, 1.82) is 0 Å². The maximum Gasteiger partial charge on any atom is 0.246 e. The fraction of sp³-hybridized carbons (Fsp3) is 0.400. The van der Waals surface area contributed by atoms with Gasteiger partial charge in [-0.1, -0.05) is 18.2 Å². The van der Waals surface area contributed by atoms with E-state index in [1.54, 1.807) is 18.5 Å². The lowest BCUT2D eigenvalue weighted by Crippen LogP contribution is -2.23. The molecule has 0 amide bonds. The molecule has 1 heterocycles. The van der Waals surface area contributed by atoms with Crippen molar-refractivity contribution >= 4 is 10.0 Å². The van der Waals surface area contributed by atoms with Crippen LogP contribution in [0.1, 0.15) is 11.4 Å². The predicted octanol–water partition coefficient (Wildman–Crippen LogP) is 1.83. The van der Waals surface area contributed by atoms with Crippen LogP contribution in [0.15, 0.2) is 35.2 Å². The standard InChI is InChI=1S/C15H21N3O3S/c1-12-15(22(19,20)17(3)4)13(2)18(16-12)10-11-21-14-8-6-5-7-9-14/h5-9H,10-11H2,1-4H3. The Morgan fingerprint density at radius 1 is 1.18 bits per heavy atom. The van der Waals surface area contributed by atoms with E-state index in [-0.39, 0.29) is 4.90 Å². The van der Waals surface area contributed by atoms with Gasteiger partial charge in [0.15, 0.2) is 0 Å². The molecule has 2 aromatic rings. The lowest BCUT2D eigenvalue weighted by molar-refractivity contribution is 0.289. The molecule has 0 spiro atoms. The summed E-state index contributed by atoms with van der Waals surface area (Å²) < 4.78 is 33.2. The quantitative estimate of drug-likeness (QED) is 0.813. The maximum absolute atomic E-state index is 12.3. The van der Waals surface area contributed by atoms with Gasteiger partial charge >= 0.3 is 0 Å². The first kappa shape index (κ1) is 16.5. The molecule has 2 rings (SSSR count). The lowest BCUT2D eigenvalue weighted by atomic mass is 10.3. The number of rotatable bonds is 6. The van der Waals surface area contributed by atoms with Crippen LogP contribution in [0, 0.1) is 13.8 Å². The van der Waals surface area contributed by atoms with Gasteiger partial charge in [0.2, 0.25) is 10.0 Å². The molecule has 0 aliphatic rings. The Morgan fingerprint density at radius 3 is 2.41 bits per heavy atom. The van der Waals surface area contributed by atoms with Crippen LogP contribution in [-0.4, -0.2) is 43.2 Å². The highest BCUT2D eigenvalue weighted by Crippen LogP contribution is 2.22. The summed E-state index contributed by atoms with van der Waals surface area (Å²) in [5, 5.41) is 4.32. The first-order valence-corrected chi connectivity index (χ1v) is 8.42. The number of hydrogen-bond acceptors (Lipinski definition) is 4. The summed E-state index contributed by atoms with van der Waals surface area (Å²) >= 11 is 0. The first-order chi connectivity index (χ1) is 10.3. The number of sulfonamides is 1. The Bertz CT molecular complexity index is 737. The number of ether oxygens (including phenoxy) is 1. The molecule has 0 radical (unpaired) electrons. The van der Waals surface area contributed by atoms with Crippen LogP contribution in [0.25, 0.3) is 0 Å². The lowest BCUT2D eigenvalue weighted by Gasteiger charge is -2.12. The maximum atomic E-state index is 12.3. The molecule has 0 saturated heterocycles. The molecular formula is C15H21N3O3S. The Kier molecular flexibility index (Phi) is 4.87. The molecule has 0 unspecified atom stereocenters. The summed E-state index contributed by atoms with van der Waals surface area (Å²) in [6, 6.07) is 9.49. The fourth-order valence-electron chi connectivity index (χ4n) is 2.22. The van der Waals surface area contributed by atoms with Gasteiger partial charge in [-0.25, -0.2) is 12.7 Å². The molecule has 0 atom stereocenters. The van der Waals surface area contributed by atoms with Gasteiger partial charge in [0.25, 0.3) is 0 Å². The Labute approximate surface area is 131 Å². The number of benzene rings is 1. The van der Waals surface area contributed by atoms with Crippen molar-refractivity contribution in [2.24, 2.45) is 0 Å². The van der Waals surface area contributed by atoms with E-state index in [1.165, 1.54) is 18.4 Å². The van der Waals surface area contributed by atoms with E-state index in [9.17, 15) is 8.42 Å². The van der Waals surface area contributed by atoms with Gasteiger partial charge in [-0.2, -0.15) is 5.10 Å². The van der Waals surface area contributed by atoms with Gasteiger partial charge in [-0.05, 0) is 26.0 Å². The van der Waals surface area contributed by atoms with Crippen LogP contribution in [-0.2, 0) is 16.6 Å². The van der Waals surface area contributed by atoms with Gasteiger partial charge < -0.3 is 4.74 Å². The molecule has 1 aromatic carbocycles. The minimum atomic E-state index is -3.49. The molecular weight excluding hydrogens is 302 g/mol. The highest BCUT2D eigenvalue weighted by molar-refractivity contribution is 7.89. The van der Waals surface area contributed by atoms with Gasteiger partial charge in [0.05, 0.1) is 17.9 Å². The SMILES string of the molecule is Cc1nn(CCOc2ccccc2)c(C)c1S(=O)(=O)N(C)C. The molecule has 0 N–H and O–H groups in total. The zero-order valence-electron chi connectivity index (χ0n) is 13.3. The molecule has 6 nitrogen and oxygen atoms in total. The Morgan fingerprint density at radius 2 is 1.82 bits per heavy atom. The third kappa shape index (κ3) is 3.31. The number of aromatic nitrogens is 2. The first-order valence-electron chi connectivity index (χ1n) is 6.98. The topological polar surface area (TPSA) is 64.4 Å². The van der Waals surface area contributed by atoms with Gasteiger partial charge in [0.1, 0.15) is 17.3 Å². The van der Waals surface area contributed by atoms with Gasteiger partial charge in [-0.15, -0.1) is 0 Å². The van der Waals surface area contributed by atoms with Crippen LogP contribution in [0.5, 0.6) is 5.75 Å². The number of nitrogens with zero attached hydrogens (tertiary/aromatic N) is 3. The predicted molar refractivity (Wildman–Crippen MR) is 84.5 cm³/mol. The van der Waals surface area contributed by atoms with Crippen molar-refractivity contribution < 1.29 is 13.2 Å². The monoisotopic (exact) mass is 323 g/mol. The van der Waals surface area contributed by atoms with Crippen molar-refractivity contribution in [3.63, 3.8) is 0 Å². The molecule has 1 aromatic heterocycles. The van der Waals surface area contributed by atoms with E-state index < -0.39 is 10.0 Å². The van der Waals surface area contributed by atoms with E-state index in [4.69, 9.17) is 4.74 Å². The Hall–Kier alpha value is -1.86. The normalized spacial score (nSPS) is 11.9. The molecule has 0 aliphatic carbocycles. The second-order valence-electron chi connectivity index (χ2n) is 5.17. The van der Waals surface area contributed by atoms with Crippen molar-refractivity contribution in [2.75, 3.05) is 20.7 Å². The molecule has 7 heteroatoms. The van der Waals surface area contributed by atoms with E-state index in [0.717, 1.165) is 5.75 Å². The van der Waals surface area contributed by atoms with Crippen LogP contribution >= 0.6 is 0 Å². The smallest absolute Gasteiger partial charge is 0.246 e.